The Balaban J connectivity index is 2.06. The molecule has 2 N–H and O–H groups in total. The molecule has 0 saturated carbocycles. The minimum absolute atomic E-state index is 0.0347. The number of rotatable bonds is 7. The van der Waals surface area contributed by atoms with Crippen LogP contribution in [0.4, 0.5) is 0 Å². The van der Waals surface area contributed by atoms with E-state index in [0.717, 1.165) is 5.56 Å². The number of hydrogen-bond donors (Lipinski definition) is 2. The van der Waals surface area contributed by atoms with Crippen molar-refractivity contribution < 1.29 is 4.79 Å². The number of carbonyl (C=O) groups excluding carboxylic acids is 1. The summed E-state index contributed by atoms with van der Waals surface area (Å²) in [7, 11) is 0. The standard InChI is InChI=1S/C16H15Cl2N3O2S/c1-2-5-19-14(22)7-12-8-15(23)21-16(20-12)24-9-10-3-4-11(17)6-13(10)18/h2-4,6,8H,1,5,7,9H2,(H,19,22)(H,20,21,23). The molecular formula is C16H15Cl2N3O2S. The normalized spacial score (nSPS) is 10.4. The maximum Gasteiger partial charge on any atom is 0.251 e. The Morgan fingerprint density at radius 1 is 1.38 bits per heavy atom. The molecule has 2 rings (SSSR count). The molecule has 0 saturated heterocycles. The summed E-state index contributed by atoms with van der Waals surface area (Å²) < 4.78 is 0. The van der Waals surface area contributed by atoms with Crippen molar-refractivity contribution in [2.24, 2.45) is 0 Å². The van der Waals surface area contributed by atoms with Crippen molar-refractivity contribution in [2.45, 2.75) is 17.3 Å². The molecule has 1 aromatic heterocycles. The Morgan fingerprint density at radius 3 is 2.88 bits per heavy atom. The lowest BCUT2D eigenvalue weighted by atomic mass is 10.2. The summed E-state index contributed by atoms with van der Waals surface area (Å²) in [6.45, 7) is 3.90. The van der Waals surface area contributed by atoms with Crippen LogP contribution in [0.2, 0.25) is 10.0 Å². The molecule has 2 aromatic rings. The highest BCUT2D eigenvalue weighted by Crippen LogP contribution is 2.26. The van der Waals surface area contributed by atoms with Gasteiger partial charge in [0, 0.05) is 28.4 Å². The number of benzene rings is 1. The predicted molar refractivity (Wildman–Crippen MR) is 97.8 cm³/mol. The first kappa shape index (κ1) is 18.6. The predicted octanol–water partition coefficient (Wildman–Crippen LogP) is 3.21. The number of carbonyl (C=O) groups is 1. The summed E-state index contributed by atoms with van der Waals surface area (Å²) in [6, 6.07) is 6.55. The first-order valence-electron chi connectivity index (χ1n) is 7.02. The second kappa shape index (κ2) is 8.92. The third-order valence-corrected chi connectivity index (χ3v) is 4.45. The van der Waals surface area contributed by atoms with Crippen molar-refractivity contribution in [3.8, 4) is 0 Å². The number of nitrogens with one attached hydrogen (secondary N) is 2. The van der Waals surface area contributed by atoms with Gasteiger partial charge in [0.2, 0.25) is 5.91 Å². The summed E-state index contributed by atoms with van der Waals surface area (Å²) in [4.78, 5) is 30.4. The monoisotopic (exact) mass is 383 g/mol. The fraction of sp³-hybridized carbons (Fsp3) is 0.188. The van der Waals surface area contributed by atoms with Gasteiger partial charge in [0.25, 0.3) is 5.56 Å². The molecule has 0 aliphatic heterocycles. The van der Waals surface area contributed by atoms with Gasteiger partial charge >= 0.3 is 0 Å². The lowest BCUT2D eigenvalue weighted by molar-refractivity contribution is -0.120. The lowest BCUT2D eigenvalue weighted by Gasteiger charge is -2.06. The highest BCUT2D eigenvalue weighted by Gasteiger charge is 2.08. The van der Waals surface area contributed by atoms with E-state index in [9.17, 15) is 9.59 Å². The van der Waals surface area contributed by atoms with Crippen molar-refractivity contribution in [1.29, 1.82) is 0 Å². The van der Waals surface area contributed by atoms with Gasteiger partial charge in [-0.25, -0.2) is 4.98 Å². The molecule has 1 amide bonds. The Morgan fingerprint density at radius 2 is 2.17 bits per heavy atom. The molecule has 0 bridgehead atoms. The van der Waals surface area contributed by atoms with Gasteiger partial charge in [-0.1, -0.05) is 47.1 Å². The molecule has 5 nitrogen and oxygen atoms in total. The number of aromatic amines is 1. The van der Waals surface area contributed by atoms with Crippen LogP contribution in [0.15, 0.2) is 46.9 Å². The Labute approximate surface area is 153 Å². The van der Waals surface area contributed by atoms with Crippen LogP contribution in [-0.4, -0.2) is 22.4 Å². The Kier molecular flexibility index (Phi) is 6.90. The molecule has 126 valence electrons. The zero-order chi connectivity index (χ0) is 17.5. The van der Waals surface area contributed by atoms with E-state index in [0.29, 0.717) is 33.2 Å². The number of H-pyrrole nitrogens is 1. The maximum atomic E-state index is 11.7. The van der Waals surface area contributed by atoms with Crippen LogP contribution >= 0.6 is 35.0 Å². The van der Waals surface area contributed by atoms with Gasteiger partial charge in [-0.3, -0.25) is 9.59 Å². The number of aromatic nitrogens is 2. The number of nitrogens with zero attached hydrogens (tertiary/aromatic N) is 1. The van der Waals surface area contributed by atoms with Crippen molar-refractivity contribution >= 4 is 40.9 Å². The van der Waals surface area contributed by atoms with Crippen LogP contribution in [0, 0.1) is 0 Å². The van der Waals surface area contributed by atoms with Crippen molar-refractivity contribution in [1.82, 2.24) is 15.3 Å². The third kappa shape index (κ3) is 5.70. The average Bonchev–Trinajstić information content (AvgIpc) is 2.51. The summed E-state index contributed by atoms with van der Waals surface area (Å²) in [5, 5.41) is 4.19. The molecule has 1 aromatic carbocycles. The summed E-state index contributed by atoms with van der Waals surface area (Å²) >= 11 is 13.3. The molecule has 0 fully saturated rings. The molecule has 24 heavy (non-hydrogen) atoms. The zero-order valence-electron chi connectivity index (χ0n) is 12.6. The van der Waals surface area contributed by atoms with Crippen LogP contribution in [0.3, 0.4) is 0 Å². The van der Waals surface area contributed by atoms with E-state index in [-0.39, 0.29) is 17.9 Å². The molecule has 0 aliphatic carbocycles. The first-order chi connectivity index (χ1) is 11.5. The van der Waals surface area contributed by atoms with Gasteiger partial charge in [-0.05, 0) is 17.7 Å². The smallest absolute Gasteiger partial charge is 0.251 e. The number of halogens is 2. The lowest BCUT2D eigenvalue weighted by Crippen LogP contribution is -2.26. The van der Waals surface area contributed by atoms with Crippen LogP contribution in [-0.2, 0) is 17.0 Å². The van der Waals surface area contributed by atoms with Crippen molar-refractivity contribution in [3.05, 3.63) is 68.6 Å². The van der Waals surface area contributed by atoms with E-state index in [2.05, 4.69) is 21.9 Å². The Hall–Kier alpha value is -1.76. The van der Waals surface area contributed by atoms with Gasteiger partial charge in [0.05, 0.1) is 12.1 Å². The van der Waals surface area contributed by atoms with E-state index in [1.54, 1.807) is 18.2 Å². The third-order valence-electron chi connectivity index (χ3n) is 2.94. The number of thioether (sulfide) groups is 1. The number of hydrogen-bond acceptors (Lipinski definition) is 4. The Bertz CT molecular complexity index is 808. The highest BCUT2D eigenvalue weighted by molar-refractivity contribution is 7.98. The van der Waals surface area contributed by atoms with Gasteiger partial charge in [-0.15, -0.1) is 6.58 Å². The second-order valence-electron chi connectivity index (χ2n) is 4.84. The molecule has 1 heterocycles. The van der Waals surface area contributed by atoms with Gasteiger partial charge in [0.1, 0.15) is 0 Å². The fourth-order valence-electron chi connectivity index (χ4n) is 1.84. The van der Waals surface area contributed by atoms with E-state index < -0.39 is 0 Å². The molecule has 0 unspecified atom stereocenters. The van der Waals surface area contributed by atoms with Crippen LogP contribution in [0.25, 0.3) is 0 Å². The fourth-order valence-corrected chi connectivity index (χ4v) is 3.29. The van der Waals surface area contributed by atoms with Crippen LogP contribution in [0.1, 0.15) is 11.3 Å². The minimum Gasteiger partial charge on any atom is -0.352 e. The topological polar surface area (TPSA) is 74.8 Å². The molecular weight excluding hydrogens is 369 g/mol. The summed E-state index contributed by atoms with van der Waals surface area (Å²) in [5.41, 5.74) is 0.981. The quantitative estimate of drug-likeness (QED) is 0.437. The molecule has 8 heteroatoms. The largest absolute Gasteiger partial charge is 0.352 e. The summed E-state index contributed by atoms with van der Waals surface area (Å²) in [5.74, 6) is 0.301. The van der Waals surface area contributed by atoms with Gasteiger partial charge in [0.15, 0.2) is 5.16 Å². The van der Waals surface area contributed by atoms with Gasteiger partial charge < -0.3 is 10.3 Å². The molecule has 0 aliphatic rings. The molecule has 0 atom stereocenters. The summed E-state index contributed by atoms with van der Waals surface area (Å²) in [6.07, 6.45) is 1.62. The van der Waals surface area contributed by atoms with Crippen molar-refractivity contribution in [3.63, 3.8) is 0 Å². The molecule has 0 radical (unpaired) electrons. The zero-order valence-corrected chi connectivity index (χ0v) is 15.0. The first-order valence-corrected chi connectivity index (χ1v) is 8.76. The van der Waals surface area contributed by atoms with E-state index >= 15 is 0 Å². The highest BCUT2D eigenvalue weighted by atomic mass is 35.5. The van der Waals surface area contributed by atoms with E-state index in [1.165, 1.54) is 17.8 Å². The van der Waals surface area contributed by atoms with Crippen LogP contribution < -0.4 is 10.9 Å². The maximum absolute atomic E-state index is 11.7. The van der Waals surface area contributed by atoms with Gasteiger partial charge in [-0.2, -0.15) is 0 Å². The SMILES string of the molecule is C=CCNC(=O)Cc1cc(=O)[nH]c(SCc2ccc(Cl)cc2Cl)n1. The van der Waals surface area contributed by atoms with Crippen LogP contribution in [0.5, 0.6) is 0 Å². The molecule has 0 spiro atoms. The average molecular weight is 384 g/mol. The van der Waals surface area contributed by atoms with E-state index in [4.69, 9.17) is 23.2 Å². The van der Waals surface area contributed by atoms with E-state index in [1.807, 2.05) is 6.07 Å². The second-order valence-corrected chi connectivity index (χ2v) is 6.64. The number of amides is 1. The van der Waals surface area contributed by atoms with Crippen molar-refractivity contribution in [2.75, 3.05) is 6.54 Å². The minimum atomic E-state index is -0.304.